The van der Waals surface area contributed by atoms with Crippen molar-refractivity contribution in [2.75, 3.05) is 42.6 Å². The molecule has 0 bridgehead atoms. The van der Waals surface area contributed by atoms with E-state index in [-0.39, 0.29) is 37.6 Å². The van der Waals surface area contributed by atoms with Crippen LogP contribution in [-0.2, 0) is 14.3 Å². The summed E-state index contributed by atoms with van der Waals surface area (Å²) in [6, 6.07) is 7.29. The van der Waals surface area contributed by atoms with Gasteiger partial charge in [-0.05, 0) is 12.1 Å². The fourth-order valence-electron chi connectivity index (χ4n) is 2.53. The van der Waals surface area contributed by atoms with Gasteiger partial charge in [0.1, 0.15) is 12.7 Å². The molecule has 7 nitrogen and oxygen atoms in total. The summed E-state index contributed by atoms with van der Waals surface area (Å²) < 4.78 is 10.3. The second-order valence-electron chi connectivity index (χ2n) is 4.94. The number of hydrogen-bond acceptors (Lipinski definition) is 5. The van der Waals surface area contributed by atoms with Crippen molar-refractivity contribution in [2.45, 2.75) is 6.10 Å². The second kappa shape index (κ2) is 6.95. The smallest absolute Gasteiger partial charge is 0.414 e. The van der Waals surface area contributed by atoms with Crippen LogP contribution in [0.15, 0.2) is 24.3 Å². The highest BCUT2D eigenvalue weighted by molar-refractivity contribution is 6.01. The number of carbonyl (C=O) groups is 2. The molecule has 0 spiro atoms. The summed E-state index contributed by atoms with van der Waals surface area (Å²) in [5.41, 5.74) is 6.91. The van der Waals surface area contributed by atoms with Gasteiger partial charge in [-0.1, -0.05) is 12.1 Å². The number of amides is 2. The molecule has 8 heteroatoms. The summed E-state index contributed by atoms with van der Waals surface area (Å²) in [7, 11) is 0. The van der Waals surface area contributed by atoms with E-state index in [1.807, 2.05) is 18.2 Å². The van der Waals surface area contributed by atoms with E-state index in [4.69, 9.17) is 15.2 Å². The SMILES string of the molecule is Cl.NCC1CN(c2ccccc2N2CCOCC2=O)C(=O)O1. The topological polar surface area (TPSA) is 85.1 Å². The molecular weight excluding hydrogens is 310 g/mol. The Balaban J connectivity index is 0.00000176. The minimum atomic E-state index is -0.432. The first kappa shape index (κ1) is 16.5. The van der Waals surface area contributed by atoms with Crippen molar-refractivity contribution in [3.8, 4) is 0 Å². The van der Waals surface area contributed by atoms with Crippen LogP contribution in [0, 0.1) is 0 Å². The number of anilines is 2. The molecule has 0 aromatic heterocycles. The lowest BCUT2D eigenvalue weighted by Crippen LogP contribution is -2.42. The first-order chi connectivity index (χ1) is 10.2. The highest BCUT2D eigenvalue weighted by Gasteiger charge is 2.34. The van der Waals surface area contributed by atoms with E-state index < -0.39 is 6.09 Å². The van der Waals surface area contributed by atoms with Gasteiger partial charge in [0.05, 0.1) is 24.5 Å². The Bertz CT molecular complexity index is 569. The number of nitrogens with two attached hydrogens (primary N) is 1. The molecule has 120 valence electrons. The highest BCUT2D eigenvalue weighted by Crippen LogP contribution is 2.32. The van der Waals surface area contributed by atoms with Crippen molar-refractivity contribution in [1.82, 2.24) is 0 Å². The monoisotopic (exact) mass is 327 g/mol. The molecule has 1 unspecified atom stereocenters. The van der Waals surface area contributed by atoms with Crippen molar-refractivity contribution in [2.24, 2.45) is 5.73 Å². The van der Waals surface area contributed by atoms with Gasteiger partial charge in [-0.15, -0.1) is 12.4 Å². The van der Waals surface area contributed by atoms with Gasteiger partial charge >= 0.3 is 6.09 Å². The van der Waals surface area contributed by atoms with Crippen LogP contribution in [0.3, 0.4) is 0 Å². The molecule has 2 amide bonds. The van der Waals surface area contributed by atoms with Crippen LogP contribution in [0.25, 0.3) is 0 Å². The average Bonchev–Trinajstić information content (AvgIpc) is 2.89. The molecule has 2 heterocycles. The quantitative estimate of drug-likeness (QED) is 0.885. The van der Waals surface area contributed by atoms with Crippen molar-refractivity contribution in [1.29, 1.82) is 0 Å². The zero-order valence-corrected chi connectivity index (χ0v) is 12.8. The molecule has 2 aliphatic heterocycles. The van der Waals surface area contributed by atoms with Crippen molar-refractivity contribution < 1.29 is 19.1 Å². The molecule has 0 radical (unpaired) electrons. The van der Waals surface area contributed by atoms with Gasteiger partial charge < -0.3 is 20.1 Å². The molecule has 22 heavy (non-hydrogen) atoms. The summed E-state index contributed by atoms with van der Waals surface area (Å²) in [6.07, 6.45) is -0.746. The Hall–Kier alpha value is -1.83. The fourth-order valence-corrected chi connectivity index (χ4v) is 2.53. The zero-order chi connectivity index (χ0) is 14.8. The molecule has 1 atom stereocenters. The van der Waals surface area contributed by atoms with E-state index in [9.17, 15) is 9.59 Å². The highest BCUT2D eigenvalue weighted by atomic mass is 35.5. The Morgan fingerprint density at radius 1 is 1.18 bits per heavy atom. The number of para-hydroxylation sites is 2. The third-order valence-electron chi connectivity index (χ3n) is 3.59. The van der Waals surface area contributed by atoms with Gasteiger partial charge in [0.15, 0.2) is 0 Å². The maximum atomic E-state index is 12.0. The van der Waals surface area contributed by atoms with Crippen LogP contribution >= 0.6 is 12.4 Å². The zero-order valence-electron chi connectivity index (χ0n) is 11.9. The van der Waals surface area contributed by atoms with E-state index in [0.717, 1.165) is 0 Å². The number of halogens is 1. The van der Waals surface area contributed by atoms with E-state index in [1.165, 1.54) is 4.90 Å². The minimum Gasteiger partial charge on any atom is -0.443 e. The van der Waals surface area contributed by atoms with Gasteiger partial charge in [0.2, 0.25) is 0 Å². The molecule has 3 rings (SSSR count). The first-order valence-electron chi connectivity index (χ1n) is 6.86. The van der Waals surface area contributed by atoms with Crippen LogP contribution in [0.4, 0.5) is 16.2 Å². The molecule has 2 fully saturated rings. The standard InChI is InChI=1S/C14H17N3O4.ClH/c15-7-10-8-17(14(19)21-10)12-4-2-1-3-11(12)16-5-6-20-9-13(16)18;/h1-4,10H,5-9,15H2;1H. The molecule has 0 aliphatic carbocycles. The summed E-state index contributed by atoms with van der Waals surface area (Å²) in [6.45, 7) is 1.69. The molecular formula is C14H18ClN3O4. The number of hydrogen-bond donors (Lipinski definition) is 1. The largest absolute Gasteiger partial charge is 0.443 e. The van der Waals surface area contributed by atoms with E-state index in [1.54, 1.807) is 11.0 Å². The number of rotatable bonds is 3. The van der Waals surface area contributed by atoms with Crippen LogP contribution < -0.4 is 15.5 Å². The van der Waals surface area contributed by atoms with Gasteiger partial charge in [-0.25, -0.2) is 4.79 Å². The third kappa shape index (κ3) is 3.01. The Kier molecular flexibility index (Phi) is 5.23. The summed E-state index contributed by atoms with van der Waals surface area (Å²) in [5, 5.41) is 0. The maximum absolute atomic E-state index is 12.0. The van der Waals surface area contributed by atoms with Crippen LogP contribution in [-0.4, -0.2) is 51.0 Å². The lowest BCUT2D eigenvalue weighted by molar-refractivity contribution is -0.125. The van der Waals surface area contributed by atoms with Crippen LogP contribution in [0.2, 0.25) is 0 Å². The average molecular weight is 328 g/mol. The van der Waals surface area contributed by atoms with Crippen molar-refractivity contribution >= 4 is 35.8 Å². The normalized spacial score (nSPS) is 21.6. The van der Waals surface area contributed by atoms with Crippen LogP contribution in [0.1, 0.15) is 0 Å². The number of morpholine rings is 1. The van der Waals surface area contributed by atoms with E-state index in [0.29, 0.717) is 31.1 Å². The number of ether oxygens (including phenoxy) is 2. The minimum absolute atomic E-state index is 0. The molecule has 1 aromatic carbocycles. The van der Waals surface area contributed by atoms with E-state index >= 15 is 0 Å². The number of cyclic esters (lactones) is 1. The Morgan fingerprint density at radius 2 is 1.86 bits per heavy atom. The molecule has 1 aromatic rings. The summed E-state index contributed by atoms with van der Waals surface area (Å²) >= 11 is 0. The van der Waals surface area contributed by atoms with Crippen LogP contribution in [0.5, 0.6) is 0 Å². The number of benzene rings is 1. The number of nitrogens with zero attached hydrogens (tertiary/aromatic N) is 2. The third-order valence-corrected chi connectivity index (χ3v) is 3.59. The predicted molar refractivity (Wildman–Crippen MR) is 83.5 cm³/mol. The van der Waals surface area contributed by atoms with Gasteiger partial charge in [0, 0.05) is 13.1 Å². The molecule has 0 saturated carbocycles. The lowest BCUT2D eigenvalue weighted by atomic mass is 10.2. The Morgan fingerprint density at radius 3 is 2.45 bits per heavy atom. The second-order valence-corrected chi connectivity index (χ2v) is 4.94. The van der Waals surface area contributed by atoms with Gasteiger partial charge in [0.25, 0.3) is 5.91 Å². The van der Waals surface area contributed by atoms with Gasteiger partial charge in [-0.3, -0.25) is 9.69 Å². The Labute approximate surface area is 134 Å². The lowest BCUT2D eigenvalue weighted by Gasteiger charge is -2.30. The first-order valence-corrected chi connectivity index (χ1v) is 6.86. The van der Waals surface area contributed by atoms with Crippen molar-refractivity contribution in [3.63, 3.8) is 0 Å². The molecule has 2 saturated heterocycles. The fraction of sp³-hybridized carbons (Fsp3) is 0.429. The summed E-state index contributed by atoms with van der Waals surface area (Å²) in [5.74, 6) is -0.114. The molecule has 2 N–H and O–H groups in total. The summed E-state index contributed by atoms with van der Waals surface area (Å²) in [4.78, 5) is 27.2. The maximum Gasteiger partial charge on any atom is 0.414 e. The number of carbonyl (C=O) groups excluding carboxylic acids is 2. The van der Waals surface area contributed by atoms with E-state index in [2.05, 4.69) is 0 Å². The molecule has 2 aliphatic rings. The predicted octanol–water partition coefficient (Wildman–Crippen LogP) is 0.755. The van der Waals surface area contributed by atoms with Crippen molar-refractivity contribution in [3.05, 3.63) is 24.3 Å². The van der Waals surface area contributed by atoms with Gasteiger partial charge in [-0.2, -0.15) is 0 Å².